The highest BCUT2D eigenvalue weighted by Crippen LogP contribution is 2.36. The van der Waals surface area contributed by atoms with E-state index in [0.717, 1.165) is 68.4 Å². The number of benzene rings is 2. The van der Waals surface area contributed by atoms with Crippen molar-refractivity contribution in [2.45, 2.75) is 57.5 Å². The quantitative estimate of drug-likeness (QED) is 0.227. The molecule has 0 amide bonds. The van der Waals surface area contributed by atoms with Gasteiger partial charge in [0.25, 0.3) is 0 Å². The van der Waals surface area contributed by atoms with Gasteiger partial charge in [-0.15, -0.1) is 0 Å². The monoisotopic (exact) mass is 536 g/mol. The van der Waals surface area contributed by atoms with E-state index in [0.29, 0.717) is 30.1 Å². The molecule has 0 bridgehead atoms. The van der Waals surface area contributed by atoms with Crippen molar-refractivity contribution in [3.05, 3.63) is 65.9 Å². The smallest absolute Gasteiger partial charge is 0.303 e. The fraction of sp³-hybridized carbons (Fsp3) is 0.500. The van der Waals surface area contributed by atoms with Crippen molar-refractivity contribution >= 4 is 16.9 Å². The van der Waals surface area contributed by atoms with Gasteiger partial charge in [0.05, 0.1) is 19.7 Å². The van der Waals surface area contributed by atoms with E-state index < -0.39 is 12.1 Å². The Morgan fingerprint density at radius 3 is 2.69 bits per heavy atom. The molecule has 4 rings (SSSR count). The predicted octanol–water partition coefficient (Wildman–Crippen LogP) is 6.87. The molecule has 1 N–H and O–H groups in total. The minimum Gasteiger partial charge on any atom is -0.497 e. The standard InChI is InChI=1S/C32H41FN2O4/c1-38-26-8-5-7-23(20-26)6-3-4-18-35-19-16-24(25(22-35)10-14-32(36)37)9-12-30(33)28-15-17-34-31-13-11-27(39-2)21-29(28)31/h5,7-8,11,13,15,17,20-21,24-25,30H,3-4,6,9-10,12,14,16,18-19,22H2,1-2H3,(H,36,37)/t24-,25+,30?/m1/s1. The second-order valence-corrected chi connectivity index (χ2v) is 10.7. The second kappa shape index (κ2) is 14.3. The zero-order chi connectivity index (χ0) is 27.6. The number of aryl methyl sites for hydroxylation is 1. The summed E-state index contributed by atoms with van der Waals surface area (Å²) in [6.07, 6.45) is 6.75. The van der Waals surface area contributed by atoms with Crippen LogP contribution in [0.25, 0.3) is 10.9 Å². The largest absolute Gasteiger partial charge is 0.497 e. The number of nitrogens with zero attached hydrogens (tertiary/aromatic N) is 2. The molecule has 2 heterocycles. The third-order valence-corrected chi connectivity index (χ3v) is 8.14. The van der Waals surface area contributed by atoms with Crippen molar-refractivity contribution in [2.75, 3.05) is 33.9 Å². The van der Waals surface area contributed by atoms with Gasteiger partial charge in [-0.05, 0) is 117 Å². The second-order valence-electron chi connectivity index (χ2n) is 10.7. The van der Waals surface area contributed by atoms with Gasteiger partial charge in [-0.1, -0.05) is 12.1 Å². The number of carboxylic acid groups (broad SMARTS) is 1. The van der Waals surface area contributed by atoms with Gasteiger partial charge in [-0.25, -0.2) is 4.39 Å². The predicted molar refractivity (Wildman–Crippen MR) is 152 cm³/mol. The molecule has 1 saturated heterocycles. The average molecular weight is 537 g/mol. The maximum atomic E-state index is 15.6. The number of carbonyl (C=O) groups is 1. The molecule has 3 atom stereocenters. The Morgan fingerprint density at radius 1 is 1.08 bits per heavy atom. The fourth-order valence-electron chi connectivity index (χ4n) is 5.93. The zero-order valence-electron chi connectivity index (χ0n) is 23.2. The third kappa shape index (κ3) is 8.15. The average Bonchev–Trinajstić information content (AvgIpc) is 2.96. The first-order valence-electron chi connectivity index (χ1n) is 14.1. The maximum absolute atomic E-state index is 15.6. The number of likely N-dealkylation sites (tertiary alicyclic amines) is 1. The molecule has 6 nitrogen and oxygen atoms in total. The number of aliphatic carboxylic acids is 1. The highest BCUT2D eigenvalue weighted by atomic mass is 19.1. The summed E-state index contributed by atoms with van der Waals surface area (Å²) < 4.78 is 26.3. The van der Waals surface area contributed by atoms with Crippen LogP contribution in [0.4, 0.5) is 4.39 Å². The van der Waals surface area contributed by atoms with E-state index in [4.69, 9.17) is 9.47 Å². The van der Waals surface area contributed by atoms with E-state index in [1.165, 1.54) is 5.56 Å². The summed E-state index contributed by atoms with van der Waals surface area (Å²) in [4.78, 5) is 18.2. The number of ether oxygens (including phenoxy) is 2. The highest BCUT2D eigenvalue weighted by molar-refractivity contribution is 5.83. The molecule has 0 aliphatic carbocycles. The Labute approximate surface area is 231 Å². The molecule has 1 aromatic heterocycles. The number of rotatable bonds is 14. The normalized spacial score (nSPS) is 18.6. The highest BCUT2D eigenvalue weighted by Gasteiger charge is 2.30. The Balaban J connectivity index is 1.31. The van der Waals surface area contributed by atoms with Crippen LogP contribution in [0.5, 0.6) is 11.5 Å². The Kier molecular flexibility index (Phi) is 10.5. The van der Waals surface area contributed by atoms with Crippen LogP contribution in [0.2, 0.25) is 0 Å². The van der Waals surface area contributed by atoms with Crippen LogP contribution < -0.4 is 9.47 Å². The number of aromatic nitrogens is 1. The van der Waals surface area contributed by atoms with Crippen LogP contribution in [-0.4, -0.2) is 54.8 Å². The van der Waals surface area contributed by atoms with E-state index in [9.17, 15) is 9.90 Å². The Hall–Kier alpha value is -3.19. The van der Waals surface area contributed by atoms with Gasteiger partial charge in [0.2, 0.25) is 0 Å². The molecule has 210 valence electrons. The number of alkyl halides is 1. The third-order valence-electron chi connectivity index (χ3n) is 8.14. The van der Waals surface area contributed by atoms with Crippen molar-refractivity contribution in [3.8, 4) is 11.5 Å². The van der Waals surface area contributed by atoms with Crippen LogP contribution >= 0.6 is 0 Å². The molecule has 1 unspecified atom stereocenters. The molecule has 0 radical (unpaired) electrons. The number of hydrogen-bond acceptors (Lipinski definition) is 5. The van der Waals surface area contributed by atoms with E-state index in [1.807, 2.05) is 30.3 Å². The summed E-state index contributed by atoms with van der Waals surface area (Å²) in [7, 11) is 3.30. The Morgan fingerprint density at radius 2 is 1.90 bits per heavy atom. The van der Waals surface area contributed by atoms with Gasteiger partial charge < -0.3 is 19.5 Å². The van der Waals surface area contributed by atoms with E-state index >= 15 is 4.39 Å². The topological polar surface area (TPSA) is 71.9 Å². The van der Waals surface area contributed by atoms with Crippen LogP contribution in [-0.2, 0) is 11.2 Å². The van der Waals surface area contributed by atoms with Gasteiger partial charge in [-0.2, -0.15) is 0 Å². The van der Waals surface area contributed by atoms with Crippen molar-refractivity contribution < 1.29 is 23.8 Å². The number of unbranched alkanes of at least 4 members (excludes halogenated alkanes) is 1. The number of pyridine rings is 1. The first-order valence-corrected chi connectivity index (χ1v) is 14.1. The zero-order valence-corrected chi connectivity index (χ0v) is 23.2. The number of carboxylic acids is 1. The molecule has 1 fully saturated rings. The first kappa shape index (κ1) is 28.8. The van der Waals surface area contributed by atoms with Gasteiger partial charge in [0, 0.05) is 24.5 Å². The SMILES string of the molecule is COc1cccc(CCCCN2CC[C@@H](CCC(F)c3ccnc4ccc(OC)cc34)[C@@H](CCC(=O)O)C2)c1. The van der Waals surface area contributed by atoms with Crippen LogP contribution in [0, 0.1) is 11.8 Å². The summed E-state index contributed by atoms with van der Waals surface area (Å²) in [6.45, 7) is 2.89. The van der Waals surface area contributed by atoms with E-state index in [1.54, 1.807) is 26.5 Å². The van der Waals surface area contributed by atoms with Crippen LogP contribution in [0.15, 0.2) is 54.7 Å². The summed E-state index contributed by atoms with van der Waals surface area (Å²) in [5.74, 6) is 1.43. The van der Waals surface area contributed by atoms with E-state index in [2.05, 4.69) is 22.0 Å². The minimum absolute atomic E-state index is 0.165. The molecule has 3 aromatic rings. The first-order chi connectivity index (χ1) is 19.0. The molecule has 7 heteroatoms. The van der Waals surface area contributed by atoms with Gasteiger partial charge in [-0.3, -0.25) is 9.78 Å². The van der Waals surface area contributed by atoms with E-state index in [-0.39, 0.29) is 12.3 Å². The number of hydrogen-bond donors (Lipinski definition) is 1. The maximum Gasteiger partial charge on any atom is 0.303 e. The molecule has 0 spiro atoms. The molecule has 2 aromatic carbocycles. The summed E-state index contributed by atoms with van der Waals surface area (Å²) in [6, 6.07) is 15.5. The van der Waals surface area contributed by atoms with Crippen molar-refractivity contribution in [1.29, 1.82) is 0 Å². The van der Waals surface area contributed by atoms with Crippen molar-refractivity contribution in [1.82, 2.24) is 9.88 Å². The molecule has 1 aliphatic heterocycles. The van der Waals surface area contributed by atoms with Crippen LogP contribution in [0.1, 0.15) is 62.2 Å². The number of methoxy groups -OCH3 is 2. The molecular weight excluding hydrogens is 495 g/mol. The lowest BCUT2D eigenvalue weighted by atomic mass is 9.79. The summed E-state index contributed by atoms with van der Waals surface area (Å²) in [5, 5.41) is 10.1. The Bertz CT molecular complexity index is 1220. The molecule has 0 saturated carbocycles. The lowest BCUT2D eigenvalue weighted by Gasteiger charge is -2.39. The molecule has 1 aliphatic rings. The summed E-state index contributed by atoms with van der Waals surface area (Å²) >= 11 is 0. The number of halogens is 1. The van der Waals surface area contributed by atoms with Gasteiger partial charge in [0.15, 0.2) is 0 Å². The number of fused-ring (bicyclic) bond motifs is 1. The summed E-state index contributed by atoms with van der Waals surface area (Å²) in [5.41, 5.74) is 2.69. The molecular formula is C32H41FN2O4. The fourth-order valence-corrected chi connectivity index (χ4v) is 5.93. The van der Waals surface area contributed by atoms with Gasteiger partial charge in [0.1, 0.15) is 17.7 Å². The lowest BCUT2D eigenvalue weighted by Crippen LogP contribution is -2.41. The minimum atomic E-state index is -1.10. The van der Waals surface area contributed by atoms with Crippen molar-refractivity contribution in [2.24, 2.45) is 11.8 Å². The number of piperidine rings is 1. The van der Waals surface area contributed by atoms with Crippen molar-refractivity contribution in [3.63, 3.8) is 0 Å². The van der Waals surface area contributed by atoms with Gasteiger partial charge >= 0.3 is 5.97 Å². The molecule has 39 heavy (non-hydrogen) atoms. The van der Waals surface area contributed by atoms with Crippen LogP contribution in [0.3, 0.4) is 0 Å². The lowest BCUT2D eigenvalue weighted by molar-refractivity contribution is -0.137.